The first-order chi connectivity index (χ1) is 3.00. The van der Waals surface area contributed by atoms with E-state index in [1.54, 1.807) is 0 Å². The molecule has 0 fully saturated rings. The van der Waals surface area contributed by atoms with Gasteiger partial charge < -0.3 is 0 Å². The quantitative estimate of drug-likeness (QED) is 0.257. The minimum absolute atomic E-state index is 0. The maximum Gasteiger partial charge on any atom is 0.394 e. The molecule has 0 atom stereocenters. The van der Waals surface area contributed by atoms with Crippen molar-refractivity contribution in [2.24, 2.45) is 5.96 Å². The molecule has 0 heterocycles. The first kappa shape index (κ1) is 15.8. The normalized spacial score (nSPS) is 8.00. The van der Waals surface area contributed by atoms with E-state index in [-0.39, 0.29) is 21.7 Å². The van der Waals surface area contributed by atoms with Crippen molar-refractivity contribution in [3.63, 3.8) is 0 Å². The summed E-state index contributed by atoms with van der Waals surface area (Å²) in [6, 6.07) is 0. The predicted molar refractivity (Wildman–Crippen MR) is 19.5 cm³/mol. The van der Waals surface area contributed by atoms with Gasteiger partial charge in [0.1, 0.15) is 0 Å². The number of rotatable bonds is 0. The van der Waals surface area contributed by atoms with E-state index in [4.69, 9.17) is 22.0 Å². The van der Waals surface area contributed by atoms with Gasteiger partial charge in [-0.2, -0.15) is 14.4 Å². The molecule has 4 N–H and O–H groups in total. The van der Waals surface area contributed by atoms with Crippen molar-refractivity contribution in [2.45, 2.75) is 0 Å². The molecule has 8 heavy (non-hydrogen) atoms. The topological polar surface area (TPSA) is 101 Å². The van der Waals surface area contributed by atoms with Crippen LogP contribution in [0.4, 0.5) is 4.48 Å². The largest absolute Gasteiger partial charge is 0.394 e. The second-order valence-corrected chi connectivity index (χ2v) is 1.34. The van der Waals surface area contributed by atoms with Gasteiger partial charge in [-0.15, -0.1) is 4.48 Å². The monoisotopic (exact) mass is 181 g/mol. The van der Waals surface area contributed by atoms with E-state index in [0.717, 1.165) is 0 Å². The van der Waals surface area contributed by atoms with Crippen LogP contribution in [-0.2, 0) is 32.1 Å². The Morgan fingerprint density at radius 2 is 1.25 bits per heavy atom. The molecule has 0 unspecified atom stereocenters. The van der Waals surface area contributed by atoms with Crippen molar-refractivity contribution in [3.8, 4) is 0 Å². The molecule has 0 radical (unpaired) electrons. The number of halogens is 1. The van der Waals surface area contributed by atoms with Crippen LogP contribution in [0.3, 0.4) is 0 Å². The summed E-state index contributed by atoms with van der Waals surface area (Å²) >= 11 is 0. The van der Waals surface area contributed by atoms with E-state index in [0.29, 0.717) is 0 Å². The van der Waals surface area contributed by atoms with Crippen LogP contribution >= 0.6 is 0 Å². The van der Waals surface area contributed by atoms with Gasteiger partial charge in [0.25, 0.3) is 0 Å². The molecule has 0 aliphatic rings. The van der Waals surface area contributed by atoms with Gasteiger partial charge in [0.15, 0.2) is 0 Å². The number of hydrogen-bond donors (Lipinski definition) is 3. The Balaban J connectivity index is -0.0000000750. The summed E-state index contributed by atoms with van der Waals surface area (Å²) in [7, 11) is -4.67. The van der Waals surface area contributed by atoms with Crippen molar-refractivity contribution in [1.29, 1.82) is 0 Å². The fourth-order valence-electron chi connectivity index (χ4n) is 0. The molecule has 0 amide bonds. The molecule has 0 aliphatic heterocycles. The molecule has 5 nitrogen and oxygen atoms in total. The van der Waals surface area contributed by atoms with Crippen LogP contribution in [0.5, 0.6) is 0 Å². The second-order valence-electron chi connectivity index (χ2n) is 0.448. The third kappa shape index (κ3) is 863. The Morgan fingerprint density at radius 1 is 1.25 bits per heavy atom. The summed E-state index contributed by atoms with van der Waals surface area (Å²) in [6.45, 7) is 0. The maximum atomic E-state index is 9.00. The molecule has 0 aliphatic carbocycles. The molecule has 0 aromatic carbocycles. The van der Waals surface area contributed by atoms with Gasteiger partial charge >= 0.3 is 10.4 Å². The summed E-state index contributed by atoms with van der Waals surface area (Å²) in [5.74, 6) is 3.00. The van der Waals surface area contributed by atoms with Gasteiger partial charge in [-0.1, -0.05) is 0 Å². The molecule has 8 heteroatoms. The van der Waals surface area contributed by atoms with Crippen molar-refractivity contribution in [2.75, 3.05) is 0 Å². The second kappa shape index (κ2) is 7.47. The number of hydrogen-bond acceptors (Lipinski definition) is 3. The first-order valence-corrected chi connectivity index (χ1v) is 2.31. The van der Waals surface area contributed by atoms with Gasteiger partial charge in [0.05, 0.1) is 0 Å². The van der Waals surface area contributed by atoms with E-state index in [9.17, 15) is 0 Å². The fraction of sp³-hybridized carbons (Fsp3) is 0. The van der Waals surface area contributed by atoms with Crippen LogP contribution in [0.15, 0.2) is 0 Å². The maximum absolute atomic E-state index is 9.00. The third-order valence-electron chi connectivity index (χ3n) is 0. The van der Waals surface area contributed by atoms with Crippen LogP contribution in [0, 0.1) is 0 Å². The van der Waals surface area contributed by atoms with Crippen LogP contribution in [0.1, 0.15) is 0 Å². The van der Waals surface area contributed by atoms with Gasteiger partial charge in [0, 0.05) is 21.7 Å². The average molecular weight is 181 g/mol. The Hall–Kier alpha value is 0.474. The Kier molecular flexibility index (Phi) is 14.8. The molecule has 0 saturated heterocycles. The molecule has 0 spiro atoms. The standard InChI is InChI=1S/FH2N.H2O4S.Ti/c1-2;1-5(2,3)4;/h2H2;(H2,1,2,3,4);. The molecular weight excluding hydrogens is 177 g/mol. The van der Waals surface area contributed by atoms with Gasteiger partial charge in [-0.25, -0.2) is 0 Å². The SMILES string of the molecule is NF.O=S(=O)(O)O.[Ti]. The van der Waals surface area contributed by atoms with Crippen molar-refractivity contribution in [1.82, 2.24) is 0 Å². The molecule has 0 bridgehead atoms. The van der Waals surface area contributed by atoms with E-state index >= 15 is 0 Å². The Bertz CT molecular complexity index is 99.2. The van der Waals surface area contributed by atoms with Gasteiger partial charge in [-0.05, 0) is 0 Å². The fourth-order valence-corrected chi connectivity index (χ4v) is 0. The van der Waals surface area contributed by atoms with Crippen LogP contribution in [0.25, 0.3) is 0 Å². The molecule has 0 aromatic heterocycles. The van der Waals surface area contributed by atoms with Gasteiger partial charge in [0.2, 0.25) is 0 Å². The Morgan fingerprint density at radius 3 is 1.25 bits per heavy atom. The van der Waals surface area contributed by atoms with E-state index < -0.39 is 10.4 Å². The minimum atomic E-state index is -4.67. The predicted octanol–water partition coefficient (Wildman–Crippen LogP) is -0.826. The van der Waals surface area contributed by atoms with Gasteiger partial charge in [-0.3, -0.25) is 9.11 Å². The molecule has 0 rings (SSSR count). The summed E-state index contributed by atoms with van der Waals surface area (Å²) in [5.41, 5.74) is 0. The number of nitrogens with two attached hydrogens (primary N) is 1. The Labute approximate surface area is 60.5 Å². The summed E-state index contributed by atoms with van der Waals surface area (Å²) in [4.78, 5) is 0. The summed E-state index contributed by atoms with van der Waals surface area (Å²) in [5, 5.41) is 0. The summed E-state index contributed by atoms with van der Waals surface area (Å²) in [6.07, 6.45) is 0. The zero-order valence-corrected chi connectivity index (χ0v) is 5.95. The summed E-state index contributed by atoms with van der Waals surface area (Å²) < 4.78 is 40.6. The average Bonchev–Trinajstić information content (AvgIpc) is 1.36. The third-order valence-corrected chi connectivity index (χ3v) is 0. The van der Waals surface area contributed by atoms with E-state index in [2.05, 4.69) is 5.96 Å². The van der Waals surface area contributed by atoms with Crippen molar-refractivity contribution >= 4 is 10.4 Å². The molecule has 50 valence electrons. The smallest absolute Gasteiger partial charge is 0.264 e. The van der Waals surface area contributed by atoms with Crippen LogP contribution < -0.4 is 5.96 Å². The van der Waals surface area contributed by atoms with Crippen molar-refractivity contribution in [3.05, 3.63) is 0 Å². The van der Waals surface area contributed by atoms with E-state index in [1.807, 2.05) is 0 Å². The molecule has 0 saturated carbocycles. The zero-order valence-electron chi connectivity index (χ0n) is 3.57. The van der Waals surface area contributed by atoms with E-state index in [1.165, 1.54) is 0 Å². The first-order valence-electron chi connectivity index (χ1n) is 0.917. The zero-order chi connectivity index (χ0) is 6.50. The van der Waals surface area contributed by atoms with Crippen molar-refractivity contribution < 1.29 is 43.7 Å². The van der Waals surface area contributed by atoms with Crippen LogP contribution in [0.2, 0.25) is 0 Å². The molecule has 0 aromatic rings. The van der Waals surface area contributed by atoms with Crippen LogP contribution in [-0.4, -0.2) is 17.5 Å². The molecular formula is H4FNO4STi. The minimum Gasteiger partial charge on any atom is -0.264 e.